The van der Waals surface area contributed by atoms with Crippen molar-refractivity contribution in [2.45, 2.75) is 26.6 Å². The molecule has 6 nitrogen and oxygen atoms in total. The van der Waals surface area contributed by atoms with Gasteiger partial charge in [0.2, 0.25) is 0 Å². The zero-order valence-electron chi connectivity index (χ0n) is 18.6. The molecule has 2 aromatic carbocycles. The summed E-state index contributed by atoms with van der Waals surface area (Å²) >= 11 is 3.23. The largest absolute Gasteiger partial charge is 0.453 e. The minimum atomic E-state index is -0.871. The number of aryl methyl sites for hydroxylation is 1. The van der Waals surface area contributed by atoms with Crippen molar-refractivity contribution >= 4 is 21.8 Å². The number of nitrogens with zero attached hydrogens (tertiary/aromatic N) is 2. The maximum Gasteiger partial charge on any atom is 0.269 e. The van der Waals surface area contributed by atoms with E-state index in [1.807, 2.05) is 0 Å². The SMILES string of the molecule is COC(C)N(C)C(=O)c1ccc(Cn2c(C)cc(Oc3ccc(F)cc3F)c(Br)c2=O)cc1. The van der Waals surface area contributed by atoms with Gasteiger partial charge in [-0.3, -0.25) is 9.59 Å². The molecule has 0 fully saturated rings. The summed E-state index contributed by atoms with van der Waals surface area (Å²) in [5.74, 6) is -1.85. The van der Waals surface area contributed by atoms with E-state index in [0.29, 0.717) is 17.3 Å². The number of methoxy groups -OCH3 is 1. The molecule has 0 aliphatic heterocycles. The Bertz CT molecular complexity index is 1230. The summed E-state index contributed by atoms with van der Waals surface area (Å²) in [6, 6.07) is 11.5. The van der Waals surface area contributed by atoms with E-state index >= 15 is 0 Å². The van der Waals surface area contributed by atoms with Gasteiger partial charge in [-0.05, 0) is 59.6 Å². The number of ether oxygens (including phenoxy) is 2. The zero-order chi connectivity index (χ0) is 24.3. The fraction of sp³-hybridized carbons (Fsp3) is 0.250. The minimum absolute atomic E-state index is 0.110. The zero-order valence-corrected chi connectivity index (χ0v) is 20.2. The Balaban J connectivity index is 1.82. The Labute approximate surface area is 198 Å². The van der Waals surface area contributed by atoms with Crippen molar-refractivity contribution in [3.05, 3.63) is 91.8 Å². The molecular weight excluding hydrogens is 498 g/mol. The van der Waals surface area contributed by atoms with Crippen molar-refractivity contribution in [1.82, 2.24) is 9.47 Å². The van der Waals surface area contributed by atoms with Gasteiger partial charge in [0.05, 0.1) is 6.54 Å². The van der Waals surface area contributed by atoms with Crippen LogP contribution in [0.5, 0.6) is 11.5 Å². The van der Waals surface area contributed by atoms with Gasteiger partial charge in [-0.25, -0.2) is 8.78 Å². The van der Waals surface area contributed by atoms with E-state index in [1.165, 1.54) is 16.6 Å². The Morgan fingerprint density at radius 1 is 1.12 bits per heavy atom. The third kappa shape index (κ3) is 5.48. The predicted octanol–water partition coefficient (Wildman–Crippen LogP) is 5.10. The van der Waals surface area contributed by atoms with Gasteiger partial charge in [-0.2, -0.15) is 0 Å². The molecule has 0 aliphatic rings. The van der Waals surface area contributed by atoms with Crippen molar-refractivity contribution < 1.29 is 23.0 Å². The molecule has 1 amide bonds. The summed E-state index contributed by atoms with van der Waals surface area (Å²) < 4.78 is 39.4. The average Bonchev–Trinajstić information content (AvgIpc) is 2.80. The van der Waals surface area contributed by atoms with E-state index < -0.39 is 11.6 Å². The lowest BCUT2D eigenvalue weighted by Gasteiger charge is -2.23. The van der Waals surface area contributed by atoms with Gasteiger partial charge in [-0.1, -0.05) is 12.1 Å². The van der Waals surface area contributed by atoms with Gasteiger partial charge in [0.1, 0.15) is 22.3 Å². The highest BCUT2D eigenvalue weighted by atomic mass is 79.9. The number of halogens is 3. The maximum absolute atomic E-state index is 13.9. The fourth-order valence-corrected chi connectivity index (χ4v) is 3.53. The predicted molar refractivity (Wildman–Crippen MR) is 124 cm³/mol. The molecule has 1 atom stereocenters. The molecule has 0 saturated carbocycles. The number of carbonyl (C=O) groups is 1. The maximum atomic E-state index is 13.9. The molecule has 1 aromatic heterocycles. The summed E-state index contributed by atoms with van der Waals surface area (Å²) in [5.41, 5.74) is 1.51. The van der Waals surface area contributed by atoms with Crippen molar-refractivity contribution in [1.29, 1.82) is 0 Å². The number of hydrogen-bond donors (Lipinski definition) is 0. The molecule has 33 heavy (non-hydrogen) atoms. The topological polar surface area (TPSA) is 60.8 Å². The quantitative estimate of drug-likeness (QED) is 0.406. The van der Waals surface area contributed by atoms with Crippen LogP contribution in [0.4, 0.5) is 8.78 Å². The molecule has 0 spiro atoms. The summed E-state index contributed by atoms with van der Waals surface area (Å²) in [4.78, 5) is 26.9. The van der Waals surface area contributed by atoms with E-state index in [0.717, 1.165) is 17.7 Å². The van der Waals surface area contributed by atoms with Crippen molar-refractivity contribution in [3.8, 4) is 11.5 Å². The second-order valence-electron chi connectivity index (χ2n) is 7.48. The Morgan fingerprint density at radius 3 is 2.39 bits per heavy atom. The summed E-state index contributed by atoms with van der Waals surface area (Å²) in [7, 11) is 3.19. The van der Waals surface area contributed by atoms with Crippen molar-refractivity contribution in [2.75, 3.05) is 14.2 Å². The lowest BCUT2D eigenvalue weighted by Crippen LogP contribution is -2.36. The molecule has 0 bridgehead atoms. The number of carbonyl (C=O) groups excluding carboxylic acids is 1. The second-order valence-corrected chi connectivity index (χ2v) is 8.27. The number of aromatic nitrogens is 1. The molecule has 1 unspecified atom stereocenters. The van der Waals surface area contributed by atoms with Gasteiger partial charge in [0, 0.05) is 37.5 Å². The summed E-state index contributed by atoms with van der Waals surface area (Å²) in [6.45, 7) is 3.76. The van der Waals surface area contributed by atoms with E-state index in [-0.39, 0.29) is 40.2 Å². The number of hydrogen-bond acceptors (Lipinski definition) is 4. The Kier molecular flexibility index (Phi) is 7.65. The fourth-order valence-electron chi connectivity index (χ4n) is 3.12. The monoisotopic (exact) mass is 520 g/mol. The molecule has 0 aliphatic carbocycles. The molecule has 174 valence electrons. The first kappa shape index (κ1) is 24.6. The van der Waals surface area contributed by atoms with Crippen LogP contribution in [0.1, 0.15) is 28.5 Å². The lowest BCUT2D eigenvalue weighted by atomic mass is 10.1. The molecule has 3 rings (SSSR count). The van der Waals surface area contributed by atoms with Crippen molar-refractivity contribution in [2.24, 2.45) is 0 Å². The van der Waals surface area contributed by atoms with E-state index in [4.69, 9.17) is 9.47 Å². The lowest BCUT2D eigenvalue weighted by molar-refractivity contribution is 0.00200. The van der Waals surface area contributed by atoms with Gasteiger partial charge < -0.3 is 18.9 Å². The number of pyridine rings is 1. The number of rotatable bonds is 7. The van der Waals surface area contributed by atoms with Crippen molar-refractivity contribution in [3.63, 3.8) is 0 Å². The first-order chi connectivity index (χ1) is 15.6. The molecular formula is C24H23BrF2N2O4. The van der Waals surface area contributed by atoms with Crippen LogP contribution in [0.3, 0.4) is 0 Å². The van der Waals surface area contributed by atoms with Crippen LogP contribution in [0.25, 0.3) is 0 Å². The number of benzene rings is 2. The average molecular weight is 521 g/mol. The van der Waals surface area contributed by atoms with Crippen LogP contribution in [0, 0.1) is 18.6 Å². The first-order valence-corrected chi connectivity index (χ1v) is 10.8. The molecule has 3 aromatic rings. The second kappa shape index (κ2) is 10.3. The highest BCUT2D eigenvalue weighted by Gasteiger charge is 2.18. The van der Waals surface area contributed by atoms with Gasteiger partial charge in [0.25, 0.3) is 11.5 Å². The van der Waals surface area contributed by atoms with Crippen LogP contribution in [-0.2, 0) is 11.3 Å². The van der Waals surface area contributed by atoms with Gasteiger partial charge in [-0.15, -0.1) is 0 Å². The Hall–Kier alpha value is -3.04. The van der Waals surface area contributed by atoms with Crippen LogP contribution in [0.2, 0.25) is 0 Å². The number of amides is 1. The third-order valence-electron chi connectivity index (χ3n) is 5.28. The van der Waals surface area contributed by atoms with Crippen LogP contribution >= 0.6 is 15.9 Å². The highest BCUT2D eigenvalue weighted by molar-refractivity contribution is 9.10. The first-order valence-electron chi connectivity index (χ1n) is 10.0. The van der Waals surface area contributed by atoms with Crippen LogP contribution in [-0.4, -0.2) is 35.8 Å². The smallest absolute Gasteiger partial charge is 0.269 e. The van der Waals surface area contributed by atoms with Gasteiger partial charge in [0.15, 0.2) is 11.6 Å². The molecule has 9 heteroatoms. The standard InChI is InChI=1S/C24H23BrF2N2O4/c1-14-11-21(33-20-10-9-18(26)12-19(20)27)22(25)24(31)29(14)13-16-5-7-17(8-6-16)23(30)28(3)15(2)32-4/h5-12,15H,13H2,1-4H3. The molecule has 1 heterocycles. The Morgan fingerprint density at radius 2 is 1.79 bits per heavy atom. The molecule has 0 N–H and O–H groups in total. The minimum Gasteiger partial charge on any atom is -0.453 e. The third-order valence-corrected chi connectivity index (χ3v) is 6.01. The van der Waals surface area contributed by atoms with E-state index in [9.17, 15) is 18.4 Å². The van der Waals surface area contributed by atoms with Crippen LogP contribution in [0.15, 0.2) is 57.8 Å². The summed E-state index contributed by atoms with van der Waals surface area (Å²) in [6.07, 6.45) is -0.361. The highest BCUT2D eigenvalue weighted by Crippen LogP contribution is 2.30. The van der Waals surface area contributed by atoms with E-state index in [1.54, 1.807) is 51.2 Å². The normalized spacial score (nSPS) is 11.8. The van der Waals surface area contributed by atoms with Gasteiger partial charge >= 0.3 is 0 Å². The molecule has 0 radical (unpaired) electrons. The van der Waals surface area contributed by atoms with Crippen LogP contribution < -0.4 is 10.3 Å². The van der Waals surface area contributed by atoms with E-state index in [2.05, 4.69) is 15.9 Å². The molecule has 0 saturated heterocycles. The summed E-state index contributed by atoms with van der Waals surface area (Å²) in [5, 5.41) is 0.